The van der Waals surface area contributed by atoms with Crippen LogP contribution in [0.1, 0.15) is 55.7 Å². The molecule has 0 aliphatic rings. The van der Waals surface area contributed by atoms with E-state index in [9.17, 15) is 28.8 Å². The third-order valence-corrected chi connectivity index (χ3v) is 8.25. The van der Waals surface area contributed by atoms with E-state index in [1.165, 1.54) is 41.2 Å². The first kappa shape index (κ1) is 29.2. The lowest BCUT2D eigenvalue weighted by Crippen LogP contribution is -2.28. The van der Waals surface area contributed by atoms with Gasteiger partial charge in [-0.1, -0.05) is 31.2 Å². The number of hydrogen-bond donors (Lipinski definition) is 1. The van der Waals surface area contributed by atoms with Crippen LogP contribution in [-0.2, 0) is 21.2 Å². The summed E-state index contributed by atoms with van der Waals surface area (Å²) in [5.74, 6) is -0.727. The van der Waals surface area contributed by atoms with Crippen molar-refractivity contribution in [3.05, 3.63) is 99.9 Å². The van der Waals surface area contributed by atoms with Crippen molar-refractivity contribution in [1.29, 1.82) is 10.5 Å². The monoisotopic (exact) mass is 569 g/mol. The van der Waals surface area contributed by atoms with Crippen LogP contribution in [0.15, 0.2) is 81.6 Å². The molecular formula is C30H27N5O5S. The topological polar surface area (TPSA) is 159 Å². The zero-order valence-corrected chi connectivity index (χ0v) is 23.5. The first-order valence-electron chi connectivity index (χ1n) is 12.8. The molecule has 0 fully saturated rings. The lowest BCUT2D eigenvalue weighted by molar-refractivity contribution is 0.0571. The van der Waals surface area contributed by atoms with E-state index in [4.69, 9.17) is 4.74 Å². The fourth-order valence-corrected chi connectivity index (χ4v) is 5.84. The third kappa shape index (κ3) is 5.87. The second kappa shape index (κ2) is 12.1. The summed E-state index contributed by atoms with van der Waals surface area (Å²) in [6.07, 6.45) is 3.13. The maximum Gasteiger partial charge on any atom is 0.296 e. The third-order valence-electron chi connectivity index (χ3n) is 6.46. The van der Waals surface area contributed by atoms with E-state index in [1.54, 1.807) is 44.2 Å². The summed E-state index contributed by atoms with van der Waals surface area (Å²) < 4.78 is 34.5. The minimum Gasteiger partial charge on any atom is -0.493 e. The van der Waals surface area contributed by atoms with Crippen molar-refractivity contribution >= 4 is 9.84 Å². The number of sulfone groups is 1. The summed E-state index contributed by atoms with van der Waals surface area (Å²) in [4.78, 5) is 20.2. The van der Waals surface area contributed by atoms with E-state index in [0.29, 0.717) is 34.2 Å². The fourth-order valence-electron chi connectivity index (χ4n) is 4.49. The summed E-state index contributed by atoms with van der Waals surface area (Å²) in [5.41, 5.74) is 1.32. The van der Waals surface area contributed by atoms with Crippen molar-refractivity contribution in [2.24, 2.45) is 0 Å². The molecule has 0 unspecified atom stereocenters. The maximum absolute atomic E-state index is 13.8. The number of nitriles is 2. The van der Waals surface area contributed by atoms with Crippen molar-refractivity contribution in [3.63, 3.8) is 0 Å². The van der Waals surface area contributed by atoms with Gasteiger partial charge in [0.2, 0.25) is 15.7 Å². The Morgan fingerprint density at radius 1 is 1.07 bits per heavy atom. The molecule has 0 saturated heterocycles. The lowest BCUT2D eigenvalue weighted by Gasteiger charge is -2.25. The predicted octanol–water partition coefficient (Wildman–Crippen LogP) is 4.51. The molecule has 10 nitrogen and oxygen atoms in total. The first-order valence-corrected chi connectivity index (χ1v) is 14.3. The van der Waals surface area contributed by atoms with Crippen LogP contribution in [0, 0.1) is 22.7 Å². The Kier molecular flexibility index (Phi) is 8.62. The van der Waals surface area contributed by atoms with Gasteiger partial charge < -0.3 is 9.84 Å². The zero-order chi connectivity index (χ0) is 29.7. The number of pyridine rings is 1. The van der Waals surface area contributed by atoms with Crippen molar-refractivity contribution < 1.29 is 18.3 Å². The number of aromatic nitrogens is 3. The minimum absolute atomic E-state index is 0.0466. The van der Waals surface area contributed by atoms with Crippen LogP contribution in [0.4, 0.5) is 0 Å². The van der Waals surface area contributed by atoms with Gasteiger partial charge in [0, 0.05) is 18.0 Å². The van der Waals surface area contributed by atoms with E-state index in [-0.39, 0.29) is 23.4 Å². The number of benzene rings is 2. The van der Waals surface area contributed by atoms with Crippen LogP contribution in [0.3, 0.4) is 0 Å². The molecule has 4 aromatic rings. The van der Waals surface area contributed by atoms with Crippen molar-refractivity contribution in [1.82, 2.24) is 14.5 Å². The largest absolute Gasteiger partial charge is 0.493 e. The average Bonchev–Trinajstić information content (AvgIpc) is 2.97. The van der Waals surface area contributed by atoms with Gasteiger partial charge in [-0.2, -0.15) is 15.5 Å². The molecule has 208 valence electrons. The highest BCUT2D eigenvalue weighted by molar-refractivity contribution is 7.91. The lowest BCUT2D eigenvalue weighted by atomic mass is 10.0. The Morgan fingerprint density at radius 3 is 2.44 bits per heavy atom. The normalized spacial score (nSPS) is 12.0. The van der Waals surface area contributed by atoms with E-state index in [2.05, 4.69) is 22.1 Å². The molecule has 0 bridgehead atoms. The van der Waals surface area contributed by atoms with E-state index in [0.717, 1.165) is 0 Å². The molecule has 0 amide bonds. The SMILES string of the molecule is CC[C@@H](c1cccc(C#N)c1)n1c(COC(C)C)nc(=O)c(S(=O)(=O)c2ccc(-c3cnccc3C#N)cc2)c1O. The quantitative estimate of drug-likeness (QED) is 0.306. The standard InChI is InChI=1S/C30H27N5O5S/c1-4-26(22-7-5-6-20(14-22)15-31)35-27(18-40-19(2)3)34-29(36)28(30(35)37)41(38,39)24-10-8-21(9-11-24)25-17-33-13-12-23(25)16-32/h5-14,17,19,26,37H,4,18H2,1-3H3/t26-/m0/s1. The van der Waals surface area contributed by atoms with Gasteiger partial charge in [0.1, 0.15) is 12.4 Å². The van der Waals surface area contributed by atoms with Gasteiger partial charge in [-0.3, -0.25) is 14.3 Å². The minimum atomic E-state index is -4.54. The van der Waals surface area contributed by atoms with Crippen molar-refractivity contribution in [3.8, 4) is 29.1 Å². The van der Waals surface area contributed by atoms with Gasteiger partial charge in [-0.25, -0.2) is 8.42 Å². The Hall–Kier alpha value is -4.84. The Bertz CT molecular complexity index is 1840. The second-order valence-electron chi connectivity index (χ2n) is 9.44. The van der Waals surface area contributed by atoms with Gasteiger partial charge in [-0.05, 0) is 61.7 Å². The van der Waals surface area contributed by atoms with Crippen LogP contribution >= 0.6 is 0 Å². The molecule has 41 heavy (non-hydrogen) atoms. The van der Waals surface area contributed by atoms with Crippen LogP contribution < -0.4 is 5.56 Å². The van der Waals surface area contributed by atoms with Gasteiger partial charge in [-0.15, -0.1) is 0 Å². The van der Waals surface area contributed by atoms with E-state index < -0.39 is 32.2 Å². The second-order valence-corrected chi connectivity index (χ2v) is 11.3. The molecule has 1 atom stereocenters. The molecule has 2 aromatic carbocycles. The molecular weight excluding hydrogens is 542 g/mol. The van der Waals surface area contributed by atoms with Crippen LogP contribution in [0.25, 0.3) is 11.1 Å². The molecule has 0 spiro atoms. The summed E-state index contributed by atoms with van der Waals surface area (Å²) in [5, 5.41) is 30.3. The number of nitrogens with zero attached hydrogens (tertiary/aromatic N) is 5. The summed E-state index contributed by atoms with van der Waals surface area (Å²) in [7, 11) is -4.54. The highest BCUT2D eigenvalue weighted by Gasteiger charge is 2.32. The molecule has 11 heteroatoms. The number of hydrogen-bond acceptors (Lipinski definition) is 9. The number of aromatic hydroxyl groups is 1. The smallest absolute Gasteiger partial charge is 0.296 e. The molecule has 0 aliphatic carbocycles. The van der Waals surface area contributed by atoms with E-state index >= 15 is 0 Å². The summed E-state index contributed by atoms with van der Waals surface area (Å²) in [6.45, 7) is 5.26. The number of ether oxygens (including phenoxy) is 1. The Morgan fingerprint density at radius 2 is 1.80 bits per heavy atom. The van der Waals surface area contributed by atoms with Crippen molar-refractivity contribution in [2.45, 2.75) is 55.7 Å². The van der Waals surface area contributed by atoms with Crippen LogP contribution in [-0.4, -0.2) is 34.2 Å². The van der Waals surface area contributed by atoms with Gasteiger partial charge in [0.05, 0.1) is 40.3 Å². The van der Waals surface area contributed by atoms with Crippen LogP contribution in [0.2, 0.25) is 0 Å². The molecule has 0 aliphatic heterocycles. The molecule has 1 N–H and O–H groups in total. The highest BCUT2D eigenvalue weighted by atomic mass is 32.2. The molecule has 0 radical (unpaired) electrons. The average molecular weight is 570 g/mol. The summed E-state index contributed by atoms with van der Waals surface area (Å²) in [6, 6.07) is 17.3. The zero-order valence-electron chi connectivity index (χ0n) is 22.6. The number of rotatable bonds is 9. The molecule has 2 aromatic heterocycles. The van der Waals surface area contributed by atoms with Crippen LogP contribution in [0.5, 0.6) is 5.88 Å². The first-order chi connectivity index (χ1) is 19.6. The van der Waals surface area contributed by atoms with Gasteiger partial charge in [0.25, 0.3) is 5.56 Å². The fraction of sp³-hybridized carbons (Fsp3) is 0.233. The predicted molar refractivity (Wildman–Crippen MR) is 150 cm³/mol. The Labute approximate surface area is 237 Å². The Balaban J connectivity index is 1.88. The van der Waals surface area contributed by atoms with Crippen molar-refractivity contribution in [2.75, 3.05) is 0 Å². The highest BCUT2D eigenvalue weighted by Crippen LogP contribution is 2.34. The van der Waals surface area contributed by atoms with E-state index in [1.807, 2.05) is 6.92 Å². The molecule has 4 rings (SSSR count). The van der Waals surface area contributed by atoms with Gasteiger partial charge >= 0.3 is 0 Å². The molecule has 2 heterocycles. The molecule has 0 saturated carbocycles. The maximum atomic E-state index is 13.8. The van der Waals surface area contributed by atoms with Gasteiger partial charge in [0.15, 0.2) is 4.90 Å². The summed E-state index contributed by atoms with van der Waals surface area (Å²) >= 11 is 0.